The van der Waals surface area contributed by atoms with Crippen LogP contribution in [0.1, 0.15) is 37.8 Å². The summed E-state index contributed by atoms with van der Waals surface area (Å²) in [5, 5.41) is 5.64. The van der Waals surface area contributed by atoms with E-state index in [1.165, 1.54) is 4.90 Å². The van der Waals surface area contributed by atoms with E-state index in [2.05, 4.69) is 15.6 Å². The lowest BCUT2D eigenvalue weighted by Crippen LogP contribution is -2.44. The number of nitrogens with zero attached hydrogens (tertiary/aromatic N) is 3. The van der Waals surface area contributed by atoms with Crippen LogP contribution in [0.3, 0.4) is 0 Å². The maximum Gasteiger partial charge on any atom is 0.325 e. The molecule has 2 fully saturated rings. The number of hydrogen-bond donors (Lipinski definition) is 2. The molecule has 0 atom stereocenters. The fourth-order valence-electron chi connectivity index (χ4n) is 4.51. The number of urea groups is 1. The molecular weight excluding hydrogens is 422 g/mol. The van der Waals surface area contributed by atoms with E-state index in [1.807, 2.05) is 35.0 Å². The second-order valence-electron chi connectivity index (χ2n) is 8.49. The summed E-state index contributed by atoms with van der Waals surface area (Å²) in [6.45, 7) is 0.356. The summed E-state index contributed by atoms with van der Waals surface area (Å²) in [6, 6.07) is 12.5. The fraction of sp³-hybridized carbons (Fsp3) is 0.333. The fourth-order valence-corrected chi connectivity index (χ4v) is 4.51. The Morgan fingerprint density at radius 3 is 2.82 bits per heavy atom. The Bertz CT molecular complexity index is 1180. The van der Waals surface area contributed by atoms with Gasteiger partial charge < -0.3 is 19.8 Å². The molecule has 4 amide bonds. The van der Waals surface area contributed by atoms with Crippen LogP contribution in [-0.2, 0) is 16.2 Å². The minimum atomic E-state index is -0.750. The maximum absolute atomic E-state index is 12.7. The van der Waals surface area contributed by atoms with Gasteiger partial charge in [0.1, 0.15) is 23.5 Å². The molecule has 3 aromatic rings. The number of imide groups is 1. The number of carbonyl (C=O) groups is 3. The Balaban J connectivity index is 1.14. The van der Waals surface area contributed by atoms with Crippen molar-refractivity contribution in [3.63, 3.8) is 0 Å². The molecule has 0 unspecified atom stereocenters. The van der Waals surface area contributed by atoms with E-state index in [-0.39, 0.29) is 24.8 Å². The van der Waals surface area contributed by atoms with Gasteiger partial charge >= 0.3 is 6.03 Å². The lowest BCUT2D eigenvalue weighted by atomic mass is 9.98. The molecule has 1 saturated carbocycles. The summed E-state index contributed by atoms with van der Waals surface area (Å²) < 4.78 is 7.76. The number of amides is 4. The molecule has 0 bridgehead atoms. The number of benzene rings is 1. The quantitative estimate of drug-likeness (QED) is 0.542. The highest BCUT2D eigenvalue weighted by Crippen LogP contribution is 2.35. The van der Waals surface area contributed by atoms with Crippen molar-refractivity contribution in [1.82, 2.24) is 19.6 Å². The van der Waals surface area contributed by atoms with Gasteiger partial charge in [-0.2, -0.15) is 0 Å². The number of anilines is 1. The van der Waals surface area contributed by atoms with Gasteiger partial charge in [-0.3, -0.25) is 14.5 Å². The number of ether oxygens (including phenoxy) is 1. The van der Waals surface area contributed by atoms with Gasteiger partial charge in [0.2, 0.25) is 5.91 Å². The topological polar surface area (TPSA) is 105 Å². The zero-order valence-corrected chi connectivity index (χ0v) is 18.1. The zero-order chi connectivity index (χ0) is 22.8. The predicted molar refractivity (Wildman–Crippen MR) is 121 cm³/mol. The van der Waals surface area contributed by atoms with Crippen LogP contribution < -0.4 is 15.4 Å². The molecule has 0 radical (unpaired) electrons. The van der Waals surface area contributed by atoms with Gasteiger partial charge in [0.15, 0.2) is 0 Å². The highest BCUT2D eigenvalue weighted by molar-refractivity contribution is 6.07. The zero-order valence-electron chi connectivity index (χ0n) is 18.1. The Labute approximate surface area is 190 Å². The summed E-state index contributed by atoms with van der Waals surface area (Å²) in [5.74, 6) is 0.114. The molecule has 1 spiro atoms. The van der Waals surface area contributed by atoms with Crippen molar-refractivity contribution in [2.75, 3.05) is 11.9 Å². The molecule has 2 aromatic heterocycles. The minimum absolute atomic E-state index is 0.0293. The standard InChI is InChI=1S/C24H25N5O4/c30-21(9-13-29-22(31)24(27-23(29)32)10-2-3-11-24)26-17-6-5-7-19(14-17)33-16-18-15-28-12-4-1-8-20(28)25-18/h1,4-8,12,14-15H,2-3,9-11,13,16H2,(H,26,30)(H,27,32). The van der Waals surface area contributed by atoms with Crippen LogP contribution in [0.15, 0.2) is 54.9 Å². The van der Waals surface area contributed by atoms with Crippen molar-refractivity contribution in [2.24, 2.45) is 0 Å². The van der Waals surface area contributed by atoms with E-state index in [0.717, 1.165) is 24.2 Å². The summed E-state index contributed by atoms with van der Waals surface area (Å²) >= 11 is 0. The molecule has 1 saturated heterocycles. The molecule has 1 aliphatic heterocycles. The van der Waals surface area contributed by atoms with Crippen molar-refractivity contribution < 1.29 is 19.1 Å². The van der Waals surface area contributed by atoms with Crippen molar-refractivity contribution in [3.8, 4) is 5.75 Å². The second-order valence-corrected chi connectivity index (χ2v) is 8.49. The molecule has 1 aromatic carbocycles. The predicted octanol–water partition coefficient (Wildman–Crippen LogP) is 3.11. The highest BCUT2D eigenvalue weighted by atomic mass is 16.5. The first-order valence-corrected chi connectivity index (χ1v) is 11.1. The normalized spacial score (nSPS) is 17.0. The maximum atomic E-state index is 12.7. The van der Waals surface area contributed by atoms with E-state index in [4.69, 9.17) is 4.74 Å². The Morgan fingerprint density at radius 1 is 1.15 bits per heavy atom. The lowest BCUT2D eigenvalue weighted by molar-refractivity contribution is -0.131. The van der Waals surface area contributed by atoms with Gasteiger partial charge in [0.05, 0.1) is 5.69 Å². The largest absolute Gasteiger partial charge is 0.487 e. The number of fused-ring (bicyclic) bond motifs is 1. The number of imidazole rings is 1. The SMILES string of the molecule is O=C(CCN1C(=O)NC2(CCCC2)C1=O)Nc1cccc(OCc2cn3ccccc3n2)c1. The number of pyridine rings is 1. The van der Waals surface area contributed by atoms with Crippen LogP contribution in [0.5, 0.6) is 5.75 Å². The third kappa shape index (κ3) is 4.26. The van der Waals surface area contributed by atoms with Gasteiger partial charge in [-0.05, 0) is 37.1 Å². The summed E-state index contributed by atoms with van der Waals surface area (Å²) in [6.07, 6.45) is 7.05. The number of nitrogens with one attached hydrogen (secondary N) is 2. The van der Waals surface area contributed by atoms with E-state index >= 15 is 0 Å². The average molecular weight is 447 g/mol. The van der Waals surface area contributed by atoms with Crippen LogP contribution in [0.25, 0.3) is 5.65 Å². The van der Waals surface area contributed by atoms with Crippen LogP contribution in [0.2, 0.25) is 0 Å². The summed E-state index contributed by atoms with van der Waals surface area (Å²) in [7, 11) is 0. The third-order valence-electron chi connectivity index (χ3n) is 6.18. The molecule has 9 nitrogen and oxygen atoms in total. The monoisotopic (exact) mass is 447 g/mol. The van der Waals surface area contributed by atoms with Crippen LogP contribution in [0.4, 0.5) is 10.5 Å². The van der Waals surface area contributed by atoms with Gasteiger partial charge in [-0.25, -0.2) is 9.78 Å². The number of carbonyl (C=O) groups excluding carboxylic acids is 3. The Kier molecular flexibility index (Phi) is 5.45. The molecule has 1 aliphatic carbocycles. The molecule has 33 heavy (non-hydrogen) atoms. The molecule has 2 aliphatic rings. The first-order valence-electron chi connectivity index (χ1n) is 11.1. The van der Waals surface area contributed by atoms with E-state index in [9.17, 15) is 14.4 Å². The summed E-state index contributed by atoms with van der Waals surface area (Å²) in [4.78, 5) is 43.1. The van der Waals surface area contributed by atoms with Gasteiger partial charge in [0.25, 0.3) is 5.91 Å². The molecule has 5 rings (SSSR count). The Morgan fingerprint density at radius 2 is 2.00 bits per heavy atom. The summed E-state index contributed by atoms with van der Waals surface area (Å²) in [5.41, 5.74) is 1.47. The van der Waals surface area contributed by atoms with Crippen LogP contribution in [-0.4, -0.2) is 44.2 Å². The highest BCUT2D eigenvalue weighted by Gasteiger charge is 2.52. The van der Waals surface area contributed by atoms with E-state index in [1.54, 1.807) is 24.3 Å². The molecule has 170 valence electrons. The van der Waals surface area contributed by atoms with Crippen LogP contribution >= 0.6 is 0 Å². The first-order chi connectivity index (χ1) is 16.0. The van der Waals surface area contributed by atoms with Gasteiger partial charge in [0, 0.05) is 37.1 Å². The average Bonchev–Trinajstić information content (AvgIpc) is 3.50. The first kappa shape index (κ1) is 21.0. The number of hydrogen-bond acceptors (Lipinski definition) is 5. The van der Waals surface area contributed by atoms with E-state index < -0.39 is 11.6 Å². The van der Waals surface area contributed by atoms with Gasteiger partial charge in [-0.15, -0.1) is 0 Å². The second kappa shape index (κ2) is 8.57. The van der Waals surface area contributed by atoms with Crippen molar-refractivity contribution in [3.05, 3.63) is 60.6 Å². The van der Waals surface area contributed by atoms with Crippen LogP contribution in [0, 0.1) is 0 Å². The van der Waals surface area contributed by atoms with Gasteiger partial charge in [-0.1, -0.05) is 25.0 Å². The van der Waals surface area contributed by atoms with Crippen molar-refractivity contribution in [2.45, 2.75) is 44.2 Å². The third-order valence-corrected chi connectivity index (χ3v) is 6.18. The lowest BCUT2D eigenvalue weighted by Gasteiger charge is -2.19. The van der Waals surface area contributed by atoms with Crippen molar-refractivity contribution >= 4 is 29.2 Å². The Hall–Kier alpha value is -3.88. The molecule has 9 heteroatoms. The minimum Gasteiger partial charge on any atom is -0.487 e. The molecule has 2 N–H and O–H groups in total. The number of rotatable bonds is 7. The molecular formula is C24H25N5O4. The van der Waals surface area contributed by atoms with E-state index in [0.29, 0.717) is 30.9 Å². The smallest absolute Gasteiger partial charge is 0.325 e. The molecule has 3 heterocycles. The number of aromatic nitrogens is 2. The van der Waals surface area contributed by atoms with Crippen molar-refractivity contribution in [1.29, 1.82) is 0 Å².